The van der Waals surface area contributed by atoms with Crippen LogP contribution in [0.25, 0.3) is 0 Å². The minimum atomic E-state index is 0.464. The topological polar surface area (TPSA) is 15.3 Å². The van der Waals surface area contributed by atoms with Gasteiger partial charge in [-0.25, -0.2) is 0 Å². The summed E-state index contributed by atoms with van der Waals surface area (Å²) in [6.07, 6.45) is 11.4. The first-order valence-electron chi connectivity index (χ1n) is 8.64. The van der Waals surface area contributed by atoms with Gasteiger partial charge in [-0.3, -0.25) is 4.90 Å². The smallest absolute Gasteiger partial charge is 0.0187 e. The largest absolute Gasteiger partial charge is 0.314 e. The summed E-state index contributed by atoms with van der Waals surface area (Å²) in [5.74, 6) is 0.982. The molecule has 3 fully saturated rings. The Morgan fingerprint density at radius 3 is 2.21 bits per heavy atom. The van der Waals surface area contributed by atoms with Gasteiger partial charge in [0.25, 0.3) is 0 Å². The molecule has 2 heteroatoms. The van der Waals surface area contributed by atoms with E-state index >= 15 is 0 Å². The van der Waals surface area contributed by atoms with E-state index in [4.69, 9.17) is 0 Å². The van der Waals surface area contributed by atoms with E-state index in [1.807, 2.05) is 0 Å². The van der Waals surface area contributed by atoms with E-state index in [2.05, 4.69) is 31.0 Å². The molecule has 110 valence electrons. The van der Waals surface area contributed by atoms with Crippen LogP contribution in [0.3, 0.4) is 0 Å². The summed E-state index contributed by atoms with van der Waals surface area (Å²) >= 11 is 0. The second kappa shape index (κ2) is 5.37. The summed E-state index contributed by atoms with van der Waals surface area (Å²) in [6, 6.07) is 2.51. The molecule has 0 aromatic heterocycles. The monoisotopic (exact) mass is 264 g/mol. The van der Waals surface area contributed by atoms with Gasteiger partial charge in [-0.05, 0) is 71.3 Å². The third kappa shape index (κ3) is 2.71. The summed E-state index contributed by atoms with van der Waals surface area (Å²) in [5, 5.41) is 3.79. The zero-order valence-electron chi connectivity index (χ0n) is 13.1. The lowest BCUT2D eigenvalue weighted by Crippen LogP contribution is -2.63. The van der Waals surface area contributed by atoms with E-state index in [0.717, 1.165) is 24.0 Å². The predicted molar refractivity (Wildman–Crippen MR) is 81.4 cm³/mol. The third-order valence-corrected chi connectivity index (χ3v) is 5.90. The normalized spacial score (nSPS) is 36.5. The molecule has 2 unspecified atom stereocenters. The quantitative estimate of drug-likeness (QED) is 0.817. The standard InChI is InChI=1S/C17H32N2/c1-4-10-18-14-11-15-6-5-7-16(12-14)19(15)17(2,3)13-8-9-13/h13-16,18H,4-12H2,1-3H3. The molecule has 3 aliphatic rings. The summed E-state index contributed by atoms with van der Waals surface area (Å²) < 4.78 is 0. The third-order valence-electron chi connectivity index (χ3n) is 5.90. The molecule has 2 heterocycles. The van der Waals surface area contributed by atoms with Gasteiger partial charge in [0.1, 0.15) is 0 Å². The van der Waals surface area contributed by atoms with Crippen molar-refractivity contribution in [1.82, 2.24) is 10.2 Å². The molecule has 1 N–H and O–H groups in total. The Bertz CT molecular complexity index is 294. The molecule has 1 aliphatic carbocycles. The number of hydrogen-bond acceptors (Lipinski definition) is 2. The maximum atomic E-state index is 3.79. The molecule has 1 saturated carbocycles. The van der Waals surface area contributed by atoms with Crippen LogP contribution in [0.2, 0.25) is 0 Å². The number of rotatable bonds is 5. The van der Waals surface area contributed by atoms with E-state index in [1.54, 1.807) is 0 Å². The second-order valence-corrected chi connectivity index (χ2v) is 7.70. The first kappa shape index (κ1) is 13.9. The predicted octanol–water partition coefficient (Wildman–Crippen LogP) is 3.56. The fourth-order valence-corrected chi connectivity index (χ4v) is 4.84. The maximum Gasteiger partial charge on any atom is 0.0187 e. The lowest BCUT2D eigenvalue weighted by Gasteiger charge is -2.56. The van der Waals surface area contributed by atoms with Crippen LogP contribution in [0.5, 0.6) is 0 Å². The van der Waals surface area contributed by atoms with Crippen molar-refractivity contribution in [1.29, 1.82) is 0 Å². The van der Waals surface area contributed by atoms with Gasteiger partial charge in [-0.1, -0.05) is 13.3 Å². The summed E-state index contributed by atoms with van der Waals surface area (Å²) in [7, 11) is 0. The highest BCUT2D eigenvalue weighted by Crippen LogP contribution is 2.48. The molecule has 2 atom stereocenters. The molecular weight excluding hydrogens is 232 g/mol. The number of hydrogen-bond donors (Lipinski definition) is 1. The van der Waals surface area contributed by atoms with Crippen LogP contribution in [0.15, 0.2) is 0 Å². The number of piperidine rings is 2. The van der Waals surface area contributed by atoms with Gasteiger partial charge in [0, 0.05) is 23.7 Å². The molecule has 2 saturated heterocycles. The van der Waals surface area contributed by atoms with E-state index < -0.39 is 0 Å². The molecule has 0 amide bonds. The summed E-state index contributed by atoms with van der Waals surface area (Å²) in [6.45, 7) is 8.53. The minimum absolute atomic E-state index is 0.464. The SMILES string of the molecule is CCCNC1CC2CCCC(C1)N2C(C)(C)C1CC1. The Labute approximate surface area is 119 Å². The van der Waals surface area contributed by atoms with Gasteiger partial charge in [0.15, 0.2) is 0 Å². The van der Waals surface area contributed by atoms with Gasteiger partial charge in [-0.15, -0.1) is 0 Å². The highest BCUT2D eigenvalue weighted by molar-refractivity contribution is 5.05. The molecule has 2 nitrogen and oxygen atoms in total. The van der Waals surface area contributed by atoms with E-state index in [9.17, 15) is 0 Å². The molecule has 2 bridgehead atoms. The zero-order valence-corrected chi connectivity index (χ0v) is 13.1. The van der Waals surface area contributed by atoms with Crippen molar-refractivity contribution in [2.45, 2.75) is 95.8 Å². The Kier molecular flexibility index (Phi) is 3.92. The lowest BCUT2D eigenvalue weighted by molar-refractivity contribution is -0.0575. The van der Waals surface area contributed by atoms with Crippen LogP contribution in [-0.4, -0.2) is 35.1 Å². The molecule has 0 aromatic rings. The van der Waals surface area contributed by atoms with Crippen molar-refractivity contribution < 1.29 is 0 Å². The Balaban J connectivity index is 1.69. The zero-order chi connectivity index (χ0) is 13.5. The van der Waals surface area contributed by atoms with Crippen molar-refractivity contribution in [3.8, 4) is 0 Å². The Morgan fingerprint density at radius 2 is 1.68 bits per heavy atom. The molecule has 2 aliphatic heterocycles. The fourth-order valence-electron chi connectivity index (χ4n) is 4.84. The van der Waals surface area contributed by atoms with Crippen molar-refractivity contribution in [2.24, 2.45) is 5.92 Å². The van der Waals surface area contributed by atoms with E-state index in [1.165, 1.54) is 57.9 Å². The van der Waals surface area contributed by atoms with Crippen molar-refractivity contribution >= 4 is 0 Å². The van der Waals surface area contributed by atoms with Crippen LogP contribution < -0.4 is 5.32 Å². The van der Waals surface area contributed by atoms with E-state index in [0.29, 0.717) is 5.54 Å². The first-order chi connectivity index (χ1) is 9.13. The lowest BCUT2D eigenvalue weighted by atomic mass is 9.77. The van der Waals surface area contributed by atoms with E-state index in [-0.39, 0.29) is 0 Å². The number of fused-ring (bicyclic) bond motifs is 2. The average Bonchev–Trinajstić information content (AvgIpc) is 3.19. The van der Waals surface area contributed by atoms with Gasteiger partial charge >= 0.3 is 0 Å². The average molecular weight is 264 g/mol. The number of nitrogens with one attached hydrogen (secondary N) is 1. The van der Waals surface area contributed by atoms with Gasteiger partial charge in [0.2, 0.25) is 0 Å². The molecule has 3 rings (SSSR count). The molecular formula is C17H32N2. The summed E-state index contributed by atoms with van der Waals surface area (Å²) in [5.41, 5.74) is 0.464. The number of nitrogens with zero attached hydrogens (tertiary/aromatic N) is 1. The fraction of sp³-hybridized carbons (Fsp3) is 1.00. The van der Waals surface area contributed by atoms with Gasteiger partial charge in [0.05, 0.1) is 0 Å². The highest BCUT2D eigenvalue weighted by Gasteiger charge is 2.50. The Hall–Kier alpha value is -0.0800. The van der Waals surface area contributed by atoms with Crippen LogP contribution in [0, 0.1) is 5.92 Å². The van der Waals surface area contributed by atoms with Crippen LogP contribution >= 0.6 is 0 Å². The molecule has 0 spiro atoms. The molecule has 0 radical (unpaired) electrons. The molecule has 19 heavy (non-hydrogen) atoms. The van der Waals surface area contributed by atoms with Gasteiger partial charge < -0.3 is 5.32 Å². The van der Waals surface area contributed by atoms with Crippen molar-refractivity contribution in [3.05, 3.63) is 0 Å². The van der Waals surface area contributed by atoms with Crippen LogP contribution in [-0.2, 0) is 0 Å². The van der Waals surface area contributed by atoms with Crippen LogP contribution in [0.4, 0.5) is 0 Å². The van der Waals surface area contributed by atoms with Gasteiger partial charge in [-0.2, -0.15) is 0 Å². The second-order valence-electron chi connectivity index (χ2n) is 7.70. The first-order valence-corrected chi connectivity index (χ1v) is 8.64. The minimum Gasteiger partial charge on any atom is -0.314 e. The van der Waals surface area contributed by atoms with Crippen molar-refractivity contribution in [3.63, 3.8) is 0 Å². The van der Waals surface area contributed by atoms with Crippen molar-refractivity contribution in [2.75, 3.05) is 6.54 Å². The maximum absolute atomic E-state index is 3.79. The molecule has 0 aromatic carbocycles. The highest BCUT2D eigenvalue weighted by atomic mass is 15.3. The summed E-state index contributed by atoms with van der Waals surface area (Å²) in [4.78, 5) is 2.96. The Morgan fingerprint density at radius 1 is 1.05 bits per heavy atom. The van der Waals surface area contributed by atoms with Crippen LogP contribution in [0.1, 0.15) is 72.1 Å².